The number of hydrogen-bond acceptors (Lipinski definition) is 4. The molecule has 0 aliphatic rings. The molecule has 0 aliphatic carbocycles. The van der Waals surface area contributed by atoms with Crippen LogP contribution in [-0.2, 0) is 7.05 Å². The number of nitrogens with zero attached hydrogens (tertiary/aromatic N) is 3. The Bertz CT molecular complexity index is 1110. The molecule has 140 valence electrons. The van der Waals surface area contributed by atoms with E-state index in [2.05, 4.69) is 15.3 Å². The monoisotopic (exact) mass is 392 g/mol. The predicted octanol–water partition coefficient (Wildman–Crippen LogP) is 4.20. The lowest BCUT2D eigenvalue weighted by Crippen LogP contribution is -2.31. The Balaban J connectivity index is 1.62. The van der Waals surface area contributed by atoms with Gasteiger partial charge in [-0.15, -0.1) is 11.3 Å². The van der Waals surface area contributed by atoms with Crippen LogP contribution in [0.2, 0.25) is 0 Å². The van der Waals surface area contributed by atoms with Crippen molar-refractivity contribution in [2.45, 2.75) is 6.04 Å². The molecule has 4 rings (SSSR count). The Morgan fingerprint density at radius 1 is 1.14 bits per heavy atom. The van der Waals surface area contributed by atoms with Crippen molar-refractivity contribution in [1.82, 2.24) is 19.9 Å². The minimum Gasteiger partial charge on any atom is -0.337 e. The van der Waals surface area contributed by atoms with Crippen molar-refractivity contribution in [3.63, 3.8) is 0 Å². The molecule has 1 atom stereocenters. The molecule has 0 saturated carbocycles. The van der Waals surface area contributed by atoms with Crippen molar-refractivity contribution in [2.24, 2.45) is 7.05 Å². The average Bonchev–Trinajstić information content (AvgIpc) is 3.36. The zero-order valence-corrected chi connectivity index (χ0v) is 15.9. The van der Waals surface area contributed by atoms with E-state index in [9.17, 15) is 9.18 Å². The van der Waals surface area contributed by atoms with Gasteiger partial charge in [-0.1, -0.05) is 42.5 Å². The molecular formula is C21H17FN4OS. The molecule has 2 aromatic heterocycles. The third-order valence-corrected chi connectivity index (χ3v) is 5.24. The number of benzene rings is 2. The van der Waals surface area contributed by atoms with Crippen molar-refractivity contribution in [3.8, 4) is 10.6 Å². The number of aryl methyl sites for hydroxylation is 1. The molecule has 0 fully saturated rings. The second kappa shape index (κ2) is 7.74. The van der Waals surface area contributed by atoms with Crippen molar-refractivity contribution in [3.05, 3.63) is 95.3 Å². The normalized spacial score (nSPS) is 11.9. The fourth-order valence-electron chi connectivity index (χ4n) is 2.94. The van der Waals surface area contributed by atoms with Crippen LogP contribution >= 0.6 is 11.3 Å². The highest BCUT2D eigenvalue weighted by Crippen LogP contribution is 2.27. The maximum Gasteiger partial charge on any atom is 0.271 e. The number of aromatic nitrogens is 3. The summed E-state index contributed by atoms with van der Waals surface area (Å²) in [6, 6.07) is 15.6. The van der Waals surface area contributed by atoms with Gasteiger partial charge in [0.1, 0.15) is 28.4 Å². The fraction of sp³-hybridized carbons (Fsp3) is 0.0952. The molecule has 1 unspecified atom stereocenters. The van der Waals surface area contributed by atoms with Crippen LogP contribution in [0.3, 0.4) is 0 Å². The van der Waals surface area contributed by atoms with Crippen LogP contribution in [0, 0.1) is 5.82 Å². The first-order valence-electron chi connectivity index (χ1n) is 8.67. The Labute approximate surface area is 165 Å². The summed E-state index contributed by atoms with van der Waals surface area (Å²) in [4.78, 5) is 21.6. The molecule has 0 bridgehead atoms. The second-order valence-electron chi connectivity index (χ2n) is 6.23. The molecule has 2 heterocycles. The molecule has 28 heavy (non-hydrogen) atoms. The molecule has 0 spiro atoms. The lowest BCUT2D eigenvalue weighted by atomic mass is 10.1. The first-order chi connectivity index (χ1) is 13.6. The minimum absolute atomic E-state index is 0.249. The van der Waals surface area contributed by atoms with Crippen molar-refractivity contribution in [1.29, 1.82) is 0 Å². The Hall–Kier alpha value is -3.32. The molecular weight excluding hydrogens is 375 g/mol. The summed E-state index contributed by atoms with van der Waals surface area (Å²) in [7, 11) is 1.88. The standard InChI is InChI=1S/C21H17FN4OS/c1-26-12-11-23-19(26)18(14-7-3-2-4-8-14)25-20(27)17-13-28-21(24-17)15-9-5-6-10-16(15)22/h2-13,18H,1H3,(H,25,27). The molecule has 1 amide bonds. The first-order valence-corrected chi connectivity index (χ1v) is 9.55. The number of hydrogen-bond donors (Lipinski definition) is 1. The molecule has 5 nitrogen and oxygen atoms in total. The lowest BCUT2D eigenvalue weighted by molar-refractivity contribution is 0.0937. The van der Waals surface area contributed by atoms with Gasteiger partial charge in [0.05, 0.1) is 0 Å². The predicted molar refractivity (Wildman–Crippen MR) is 106 cm³/mol. The summed E-state index contributed by atoms with van der Waals surface area (Å²) in [5, 5.41) is 5.11. The zero-order chi connectivity index (χ0) is 19.5. The Morgan fingerprint density at radius 2 is 1.89 bits per heavy atom. The molecule has 7 heteroatoms. The summed E-state index contributed by atoms with van der Waals surface area (Å²) < 4.78 is 15.9. The highest BCUT2D eigenvalue weighted by atomic mass is 32.1. The summed E-state index contributed by atoms with van der Waals surface area (Å²) in [5.74, 6) is 0.0128. The van der Waals surface area contributed by atoms with E-state index in [1.165, 1.54) is 17.4 Å². The van der Waals surface area contributed by atoms with E-state index in [1.807, 2.05) is 48.1 Å². The number of imidazole rings is 1. The maximum absolute atomic E-state index is 14.0. The highest BCUT2D eigenvalue weighted by molar-refractivity contribution is 7.13. The van der Waals surface area contributed by atoms with E-state index in [1.54, 1.807) is 29.8 Å². The molecule has 0 aliphatic heterocycles. The van der Waals surface area contributed by atoms with Gasteiger partial charge < -0.3 is 9.88 Å². The van der Waals surface area contributed by atoms with Crippen LogP contribution in [0.4, 0.5) is 4.39 Å². The van der Waals surface area contributed by atoms with Crippen molar-refractivity contribution < 1.29 is 9.18 Å². The molecule has 4 aromatic rings. The van der Waals surface area contributed by atoms with Gasteiger partial charge in [-0.3, -0.25) is 4.79 Å². The van der Waals surface area contributed by atoms with E-state index in [-0.39, 0.29) is 17.4 Å². The largest absolute Gasteiger partial charge is 0.337 e. The summed E-state index contributed by atoms with van der Waals surface area (Å²) >= 11 is 1.24. The summed E-state index contributed by atoms with van der Waals surface area (Å²) in [6.07, 6.45) is 3.52. The summed E-state index contributed by atoms with van der Waals surface area (Å²) in [6.45, 7) is 0. The number of amides is 1. The van der Waals surface area contributed by atoms with E-state index >= 15 is 0 Å². The van der Waals surface area contributed by atoms with E-state index < -0.39 is 6.04 Å². The van der Waals surface area contributed by atoms with Gasteiger partial charge in [-0.05, 0) is 17.7 Å². The molecule has 1 N–H and O–H groups in total. The number of nitrogens with one attached hydrogen (secondary N) is 1. The van der Waals surface area contributed by atoms with Gasteiger partial charge in [0, 0.05) is 30.4 Å². The van der Waals surface area contributed by atoms with Gasteiger partial charge >= 0.3 is 0 Å². The quantitative estimate of drug-likeness (QED) is 0.554. The third-order valence-electron chi connectivity index (χ3n) is 4.37. The Kier molecular flexibility index (Phi) is 4.99. The minimum atomic E-state index is -0.424. The number of halogens is 1. The molecule has 0 radical (unpaired) electrons. The van der Waals surface area contributed by atoms with E-state index in [4.69, 9.17) is 0 Å². The van der Waals surface area contributed by atoms with Crippen LogP contribution < -0.4 is 5.32 Å². The van der Waals surface area contributed by atoms with Gasteiger partial charge in [0.15, 0.2) is 0 Å². The SMILES string of the molecule is Cn1ccnc1C(NC(=O)c1csc(-c2ccccc2F)n1)c1ccccc1. The number of carbonyl (C=O) groups excluding carboxylic acids is 1. The number of thiazole rings is 1. The maximum atomic E-state index is 14.0. The van der Waals surface area contributed by atoms with Crippen LogP contribution in [0.15, 0.2) is 72.4 Å². The number of rotatable bonds is 5. The van der Waals surface area contributed by atoms with Crippen LogP contribution in [0.5, 0.6) is 0 Å². The molecule has 2 aromatic carbocycles. The fourth-order valence-corrected chi connectivity index (χ4v) is 3.77. The zero-order valence-electron chi connectivity index (χ0n) is 15.0. The Morgan fingerprint density at radius 3 is 2.61 bits per heavy atom. The van der Waals surface area contributed by atoms with E-state index in [0.29, 0.717) is 16.4 Å². The lowest BCUT2D eigenvalue weighted by Gasteiger charge is -2.18. The van der Waals surface area contributed by atoms with Crippen LogP contribution in [0.25, 0.3) is 10.6 Å². The van der Waals surface area contributed by atoms with Gasteiger partial charge in [0.2, 0.25) is 0 Å². The van der Waals surface area contributed by atoms with Crippen LogP contribution in [0.1, 0.15) is 27.9 Å². The summed E-state index contributed by atoms with van der Waals surface area (Å²) in [5.41, 5.74) is 1.54. The topological polar surface area (TPSA) is 59.8 Å². The van der Waals surface area contributed by atoms with Gasteiger partial charge in [0.25, 0.3) is 5.91 Å². The second-order valence-corrected chi connectivity index (χ2v) is 7.09. The number of carbonyl (C=O) groups is 1. The van der Waals surface area contributed by atoms with E-state index in [0.717, 1.165) is 5.56 Å². The van der Waals surface area contributed by atoms with Crippen molar-refractivity contribution in [2.75, 3.05) is 0 Å². The molecule has 0 saturated heterocycles. The average molecular weight is 392 g/mol. The highest BCUT2D eigenvalue weighted by Gasteiger charge is 2.23. The van der Waals surface area contributed by atoms with Gasteiger partial charge in [-0.25, -0.2) is 14.4 Å². The van der Waals surface area contributed by atoms with Gasteiger partial charge in [-0.2, -0.15) is 0 Å². The smallest absolute Gasteiger partial charge is 0.271 e. The van der Waals surface area contributed by atoms with Crippen molar-refractivity contribution >= 4 is 17.2 Å². The van der Waals surface area contributed by atoms with Crippen LogP contribution in [-0.4, -0.2) is 20.4 Å². The third kappa shape index (κ3) is 3.57. The first kappa shape index (κ1) is 18.1.